The van der Waals surface area contributed by atoms with Crippen LogP contribution >= 0.6 is 0 Å². The van der Waals surface area contributed by atoms with Gasteiger partial charge < -0.3 is 14.8 Å². The van der Waals surface area contributed by atoms with E-state index in [0.717, 1.165) is 18.2 Å². The first-order chi connectivity index (χ1) is 16.2. The molecule has 3 rings (SSSR count). The number of nitrogens with one attached hydrogen (secondary N) is 1. The minimum Gasteiger partial charge on any atom is -0.457 e. The zero-order valence-electron chi connectivity index (χ0n) is 19.3. The zero-order chi connectivity index (χ0) is 24.7. The molecule has 0 saturated carbocycles. The van der Waals surface area contributed by atoms with Gasteiger partial charge in [0.2, 0.25) is 0 Å². The molecule has 0 aliphatic rings. The summed E-state index contributed by atoms with van der Waals surface area (Å²) in [6.07, 6.45) is -2.94. The van der Waals surface area contributed by atoms with E-state index in [1.165, 1.54) is 30.3 Å². The molecular formula is C26H27F3N2O3. The Kier molecular flexibility index (Phi) is 8.28. The molecule has 1 aromatic heterocycles. The van der Waals surface area contributed by atoms with E-state index in [4.69, 9.17) is 9.47 Å². The lowest BCUT2D eigenvalue weighted by molar-refractivity contribution is -0.138. The van der Waals surface area contributed by atoms with Crippen LogP contribution in [0.25, 0.3) is 0 Å². The number of carbonyl (C=O) groups is 1. The van der Waals surface area contributed by atoms with Crippen LogP contribution in [0.4, 0.5) is 18.9 Å². The van der Waals surface area contributed by atoms with Crippen molar-refractivity contribution in [3.63, 3.8) is 0 Å². The molecule has 1 amide bonds. The first-order valence-electron chi connectivity index (χ1n) is 11.0. The average molecular weight is 473 g/mol. The second-order valence-corrected chi connectivity index (χ2v) is 7.90. The van der Waals surface area contributed by atoms with E-state index in [1.54, 1.807) is 31.2 Å². The molecule has 0 fully saturated rings. The van der Waals surface area contributed by atoms with E-state index < -0.39 is 11.7 Å². The number of halogens is 3. The number of pyridine rings is 1. The molecule has 0 radical (unpaired) electrons. The molecule has 0 bridgehead atoms. The number of nitrogens with zero attached hydrogens (tertiary/aromatic N) is 1. The second kappa shape index (κ2) is 11.2. The molecule has 2 aromatic carbocycles. The van der Waals surface area contributed by atoms with Crippen molar-refractivity contribution >= 4 is 11.6 Å². The Morgan fingerprint density at radius 1 is 1.09 bits per heavy atom. The summed E-state index contributed by atoms with van der Waals surface area (Å²) < 4.78 is 50.8. The van der Waals surface area contributed by atoms with Crippen molar-refractivity contribution in [3.05, 3.63) is 83.2 Å². The maximum Gasteiger partial charge on any atom is 0.419 e. The van der Waals surface area contributed by atoms with Gasteiger partial charge in [0.1, 0.15) is 11.5 Å². The number of ether oxygens (including phenoxy) is 2. The van der Waals surface area contributed by atoms with Gasteiger partial charge in [0.05, 0.1) is 22.9 Å². The lowest BCUT2D eigenvalue weighted by Gasteiger charge is -2.15. The number of benzene rings is 2. The van der Waals surface area contributed by atoms with E-state index >= 15 is 0 Å². The Morgan fingerprint density at radius 2 is 1.85 bits per heavy atom. The molecule has 0 spiro atoms. The molecular weight excluding hydrogens is 445 g/mol. The van der Waals surface area contributed by atoms with Crippen molar-refractivity contribution in [2.24, 2.45) is 0 Å². The minimum atomic E-state index is -4.54. The van der Waals surface area contributed by atoms with Gasteiger partial charge in [-0.1, -0.05) is 25.1 Å². The highest BCUT2D eigenvalue weighted by Crippen LogP contribution is 2.38. The van der Waals surface area contributed by atoms with Crippen LogP contribution in [-0.4, -0.2) is 23.6 Å². The van der Waals surface area contributed by atoms with Crippen LogP contribution in [0.1, 0.15) is 47.6 Å². The SMILES string of the molecule is CCCOC(C)Cc1ccc(C(=O)Nc2cccc(Oc3ccccc3C(F)(F)F)c2)c(C)n1. The number of anilines is 1. The third-order valence-corrected chi connectivity index (χ3v) is 5.00. The zero-order valence-corrected chi connectivity index (χ0v) is 19.3. The standard InChI is InChI=1S/C26H27F3N2O3/c1-4-14-33-17(2)15-20-12-13-22(18(3)30-20)25(32)31-19-8-7-9-21(16-19)34-24-11-6-5-10-23(24)26(27,28)29/h5-13,16-17H,4,14-15H2,1-3H3,(H,31,32). The van der Waals surface area contributed by atoms with Gasteiger partial charge in [-0.15, -0.1) is 0 Å². The number of carbonyl (C=O) groups excluding carboxylic acids is 1. The summed E-state index contributed by atoms with van der Waals surface area (Å²) in [6, 6.07) is 14.7. The van der Waals surface area contributed by atoms with E-state index in [-0.39, 0.29) is 23.5 Å². The number of para-hydroxylation sites is 1. The van der Waals surface area contributed by atoms with Crippen molar-refractivity contribution in [1.82, 2.24) is 4.98 Å². The summed E-state index contributed by atoms with van der Waals surface area (Å²) in [5, 5.41) is 2.75. The highest BCUT2D eigenvalue weighted by atomic mass is 19.4. The van der Waals surface area contributed by atoms with Crippen molar-refractivity contribution < 1.29 is 27.4 Å². The third-order valence-electron chi connectivity index (χ3n) is 5.00. The Balaban J connectivity index is 1.70. The van der Waals surface area contributed by atoms with Gasteiger partial charge in [0.15, 0.2) is 0 Å². The maximum atomic E-state index is 13.2. The van der Waals surface area contributed by atoms with Crippen LogP contribution in [0.5, 0.6) is 11.5 Å². The lowest BCUT2D eigenvalue weighted by Crippen LogP contribution is -2.16. The number of rotatable bonds is 9. The summed E-state index contributed by atoms with van der Waals surface area (Å²) in [4.78, 5) is 17.3. The molecule has 0 aliphatic heterocycles. The van der Waals surface area contributed by atoms with Crippen LogP contribution in [-0.2, 0) is 17.3 Å². The molecule has 34 heavy (non-hydrogen) atoms. The normalized spacial score (nSPS) is 12.3. The van der Waals surface area contributed by atoms with Gasteiger partial charge in [-0.2, -0.15) is 13.2 Å². The van der Waals surface area contributed by atoms with Gasteiger partial charge in [0.25, 0.3) is 5.91 Å². The molecule has 1 unspecified atom stereocenters. The number of hydrogen-bond acceptors (Lipinski definition) is 4. The number of alkyl halides is 3. The third kappa shape index (κ3) is 6.81. The molecule has 3 aromatic rings. The largest absolute Gasteiger partial charge is 0.457 e. The quantitative estimate of drug-likeness (QED) is 0.372. The number of aryl methyl sites for hydroxylation is 1. The van der Waals surface area contributed by atoms with Crippen molar-refractivity contribution in [1.29, 1.82) is 0 Å². The van der Waals surface area contributed by atoms with Gasteiger partial charge in [0, 0.05) is 30.5 Å². The van der Waals surface area contributed by atoms with E-state index in [2.05, 4.69) is 10.3 Å². The predicted octanol–water partition coefficient (Wildman–Crippen LogP) is 6.81. The Hall–Kier alpha value is -3.39. The summed E-state index contributed by atoms with van der Waals surface area (Å²) >= 11 is 0. The lowest BCUT2D eigenvalue weighted by atomic mass is 10.1. The molecule has 8 heteroatoms. The van der Waals surface area contributed by atoms with Crippen LogP contribution < -0.4 is 10.1 Å². The minimum absolute atomic E-state index is 0.0248. The number of aromatic nitrogens is 1. The van der Waals surface area contributed by atoms with E-state index in [9.17, 15) is 18.0 Å². The second-order valence-electron chi connectivity index (χ2n) is 7.90. The average Bonchev–Trinajstić information content (AvgIpc) is 2.77. The fourth-order valence-electron chi connectivity index (χ4n) is 3.39. The van der Waals surface area contributed by atoms with Crippen molar-refractivity contribution in [2.75, 3.05) is 11.9 Å². The van der Waals surface area contributed by atoms with Crippen LogP contribution in [0.2, 0.25) is 0 Å². The van der Waals surface area contributed by atoms with Gasteiger partial charge in [-0.05, 0) is 56.7 Å². The molecule has 5 nitrogen and oxygen atoms in total. The predicted molar refractivity (Wildman–Crippen MR) is 124 cm³/mol. The Morgan fingerprint density at radius 3 is 2.56 bits per heavy atom. The summed E-state index contributed by atoms with van der Waals surface area (Å²) in [5.41, 5.74) is 1.32. The fourth-order valence-corrected chi connectivity index (χ4v) is 3.39. The molecule has 0 aliphatic carbocycles. The van der Waals surface area contributed by atoms with Crippen molar-refractivity contribution in [2.45, 2.75) is 45.9 Å². The van der Waals surface area contributed by atoms with Crippen LogP contribution in [0.3, 0.4) is 0 Å². The van der Waals surface area contributed by atoms with Crippen LogP contribution in [0, 0.1) is 6.92 Å². The number of hydrogen-bond donors (Lipinski definition) is 1. The Bertz CT molecular complexity index is 1130. The number of amides is 1. The highest BCUT2D eigenvalue weighted by Gasteiger charge is 2.34. The monoisotopic (exact) mass is 472 g/mol. The molecule has 180 valence electrons. The smallest absolute Gasteiger partial charge is 0.419 e. The van der Waals surface area contributed by atoms with Crippen molar-refractivity contribution in [3.8, 4) is 11.5 Å². The van der Waals surface area contributed by atoms with Gasteiger partial charge >= 0.3 is 6.18 Å². The van der Waals surface area contributed by atoms with E-state index in [0.29, 0.717) is 30.0 Å². The van der Waals surface area contributed by atoms with E-state index in [1.807, 2.05) is 13.8 Å². The van der Waals surface area contributed by atoms with Gasteiger partial charge in [-0.25, -0.2) is 0 Å². The summed E-state index contributed by atoms with van der Waals surface area (Å²) in [6.45, 7) is 6.47. The maximum absolute atomic E-state index is 13.2. The van der Waals surface area contributed by atoms with Crippen LogP contribution in [0.15, 0.2) is 60.7 Å². The fraction of sp³-hybridized carbons (Fsp3) is 0.308. The molecule has 0 saturated heterocycles. The first-order valence-corrected chi connectivity index (χ1v) is 11.0. The molecule has 1 N–H and O–H groups in total. The topological polar surface area (TPSA) is 60.5 Å². The highest BCUT2D eigenvalue weighted by molar-refractivity contribution is 6.05. The Labute approximate surface area is 196 Å². The van der Waals surface area contributed by atoms with Gasteiger partial charge in [-0.3, -0.25) is 9.78 Å². The summed E-state index contributed by atoms with van der Waals surface area (Å²) in [5.74, 6) is -0.522. The summed E-state index contributed by atoms with van der Waals surface area (Å²) in [7, 11) is 0. The molecule has 1 atom stereocenters. The molecule has 1 heterocycles. The first kappa shape index (κ1) is 25.2.